The minimum Gasteiger partial charge on any atom is -0.384 e. The van der Waals surface area contributed by atoms with Crippen molar-refractivity contribution >= 4 is 0 Å². The van der Waals surface area contributed by atoms with Gasteiger partial charge in [0.05, 0.1) is 0 Å². The normalized spacial score (nSPS) is 25.9. The Morgan fingerprint density at radius 1 is 0.743 bits per heavy atom. The second-order valence-corrected chi connectivity index (χ2v) is 12.0. The van der Waals surface area contributed by atoms with E-state index >= 15 is 0 Å². The Kier molecular flexibility index (Phi) is 10.3. The molecule has 0 saturated heterocycles. The third-order valence-electron chi connectivity index (χ3n) is 9.26. The predicted molar refractivity (Wildman–Crippen MR) is 151 cm³/mol. The van der Waals surface area contributed by atoms with Crippen LogP contribution in [-0.4, -0.2) is 13.7 Å². The predicted octanol–water partition coefficient (Wildman–Crippen LogP) is 9.84. The van der Waals surface area contributed by atoms with Crippen LogP contribution in [0.4, 0.5) is 0 Å². The second kappa shape index (κ2) is 13.6. The van der Waals surface area contributed by atoms with E-state index in [0.717, 1.165) is 36.2 Å². The molecule has 0 radical (unpaired) electrons. The summed E-state index contributed by atoms with van der Waals surface area (Å²) < 4.78 is 5.36. The summed E-state index contributed by atoms with van der Waals surface area (Å²) in [6.07, 6.45) is 18.1. The van der Waals surface area contributed by atoms with Crippen LogP contribution in [0.15, 0.2) is 48.5 Å². The number of unbranched alkanes of at least 4 members (excludes halogenated alkanes) is 2. The van der Waals surface area contributed by atoms with Gasteiger partial charge < -0.3 is 4.74 Å². The summed E-state index contributed by atoms with van der Waals surface area (Å²) >= 11 is 0. The van der Waals surface area contributed by atoms with Crippen molar-refractivity contribution in [1.82, 2.24) is 0 Å². The SMILES string of the molecule is CCCCCc1ccc(-c2ccc(C3CCC(C4CCC(CC(C)COC)CC4)CC3)cc2)cc1. The summed E-state index contributed by atoms with van der Waals surface area (Å²) in [4.78, 5) is 0. The molecule has 2 aromatic rings. The maximum absolute atomic E-state index is 5.36. The molecule has 2 saturated carbocycles. The lowest BCUT2D eigenvalue weighted by Crippen LogP contribution is -2.26. The number of ether oxygens (including phenoxy) is 1. The van der Waals surface area contributed by atoms with E-state index < -0.39 is 0 Å². The van der Waals surface area contributed by atoms with Gasteiger partial charge in [0.25, 0.3) is 0 Å². The molecule has 0 N–H and O–H groups in total. The highest BCUT2D eigenvalue weighted by Crippen LogP contribution is 2.44. The van der Waals surface area contributed by atoms with Crippen molar-refractivity contribution in [3.05, 3.63) is 59.7 Å². The summed E-state index contributed by atoms with van der Waals surface area (Å²) in [5.41, 5.74) is 5.76. The Bertz CT molecular complexity index is 835. The number of aryl methyl sites for hydroxylation is 1. The third-order valence-corrected chi connectivity index (χ3v) is 9.26. The molecule has 0 spiro atoms. The molecule has 0 bridgehead atoms. The first kappa shape index (κ1) is 26.5. The molecule has 1 heteroatoms. The maximum atomic E-state index is 5.36. The minimum absolute atomic E-state index is 0.721. The fraction of sp³-hybridized carbons (Fsp3) is 0.647. The van der Waals surface area contributed by atoms with E-state index in [2.05, 4.69) is 62.4 Å². The van der Waals surface area contributed by atoms with Gasteiger partial charge in [-0.2, -0.15) is 0 Å². The summed E-state index contributed by atoms with van der Waals surface area (Å²) in [7, 11) is 1.84. The molecule has 2 aromatic carbocycles. The van der Waals surface area contributed by atoms with E-state index in [0.29, 0.717) is 0 Å². The summed E-state index contributed by atoms with van der Waals surface area (Å²) in [6, 6.07) is 18.8. The van der Waals surface area contributed by atoms with Crippen LogP contribution < -0.4 is 0 Å². The molecule has 2 aliphatic carbocycles. The van der Waals surface area contributed by atoms with Crippen molar-refractivity contribution in [2.75, 3.05) is 13.7 Å². The molecule has 0 aromatic heterocycles. The van der Waals surface area contributed by atoms with E-state index in [1.165, 1.54) is 100 Å². The van der Waals surface area contributed by atoms with Gasteiger partial charge in [0.15, 0.2) is 0 Å². The van der Waals surface area contributed by atoms with Gasteiger partial charge in [-0.3, -0.25) is 0 Å². The molecule has 35 heavy (non-hydrogen) atoms. The molecule has 1 atom stereocenters. The Balaban J connectivity index is 1.22. The fourth-order valence-corrected chi connectivity index (χ4v) is 7.13. The van der Waals surface area contributed by atoms with Crippen LogP contribution in [0.5, 0.6) is 0 Å². The average molecular weight is 475 g/mol. The molecule has 1 nitrogen and oxygen atoms in total. The smallest absolute Gasteiger partial charge is 0.0487 e. The first-order valence-corrected chi connectivity index (χ1v) is 14.8. The van der Waals surface area contributed by atoms with Crippen LogP contribution >= 0.6 is 0 Å². The quantitative estimate of drug-likeness (QED) is 0.294. The zero-order chi connectivity index (χ0) is 24.5. The Labute approximate surface area is 216 Å². The molecular formula is C34H50O. The van der Waals surface area contributed by atoms with Crippen molar-refractivity contribution < 1.29 is 4.74 Å². The number of hydrogen-bond acceptors (Lipinski definition) is 1. The Morgan fingerprint density at radius 3 is 1.89 bits per heavy atom. The van der Waals surface area contributed by atoms with Gasteiger partial charge in [-0.1, -0.05) is 88.1 Å². The van der Waals surface area contributed by atoms with E-state index in [4.69, 9.17) is 4.74 Å². The molecule has 1 unspecified atom stereocenters. The largest absolute Gasteiger partial charge is 0.384 e. The van der Waals surface area contributed by atoms with Gasteiger partial charge in [-0.15, -0.1) is 0 Å². The number of rotatable bonds is 11. The van der Waals surface area contributed by atoms with Crippen LogP contribution in [0.3, 0.4) is 0 Å². The second-order valence-electron chi connectivity index (χ2n) is 12.0. The van der Waals surface area contributed by atoms with Crippen LogP contribution in [0.2, 0.25) is 0 Å². The lowest BCUT2D eigenvalue weighted by molar-refractivity contribution is 0.119. The number of benzene rings is 2. The Morgan fingerprint density at radius 2 is 1.31 bits per heavy atom. The lowest BCUT2D eigenvalue weighted by atomic mass is 9.67. The van der Waals surface area contributed by atoms with E-state index in [-0.39, 0.29) is 0 Å². The van der Waals surface area contributed by atoms with Gasteiger partial charge in [0.1, 0.15) is 0 Å². The lowest BCUT2D eigenvalue weighted by Gasteiger charge is -2.38. The molecule has 0 heterocycles. The minimum atomic E-state index is 0.721. The summed E-state index contributed by atoms with van der Waals surface area (Å²) in [5.74, 6) is 4.42. The van der Waals surface area contributed by atoms with Gasteiger partial charge in [-0.05, 0) is 110 Å². The van der Waals surface area contributed by atoms with E-state index in [1.807, 2.05) is 7.11 Å². The highest BCUT2D eigenvalue weighted by molar-refractivity contribution is 5.64. The highest BCUT2D eigenvalue weighted by Gasteiger charge is 2.31. The third kappa shape index (κ3) is 7.69. The molecule has 4 rings (SSSR count). The molecule has 2 aliphatic rings. The van der Waals surface area contributed by atoms with Crippen molar-refractivity contribution in [3.8, 4) is 11.1 Å². The monoisotopic (exact) mass is 474 g/mol. The van der Waals surface area contributed by atoms with Crippen molar-refractivity contribution in [3.63, 3.8) is 0 Å². The van der Waals surface area contributed by atoms with Crippen LogP contribution in [-0.2, 0) is 11.2 Å². The number of methoxy groups -OCH3 is 1. The standard InChI is InChI=1S/C34H50O/c1-4-5-6-7-27-8-12-29(13-9-27)31-16-20-33(21-17-31)34-22-18-32(19-23-34)30-14-10-28(11-15-30)24-26(2)25-35-3/h8-9,12-13,16-17,20-21,26,28,30,32,34H,4-7,10-11,14-15,18-19,22-25H2,1-3H3. The van der Waals surface area contributed by atoms with Crippen LogP contribution in [0, 0.1) is 23.7 Å². The maximum Gasteiger partial charge on any atom is 0.0487 e. The number of hydrogen-bond donors (Lipinski definition) is 0. The van der Waals surface area contributed by atoms with Crippen LogP contribution in [0.1, 0.15) is 108 Å². The molecule has 2 fully saturated rings. The van der Waals surface area contributed by atoms with Gasteiger partial charge in [0.2, 0.25) is 0 Å². The molecule has 0 aliphatic heterocycles. The first-order valence-electron chi connectivity index (χ1n) is 14.8. The fourth-order valence-electron chi connectivity index (χ4n) is 7.13. The highest BCUT2D eigenvalue weighted by atomic mass is 16.5. The first-order chi connectivity index (χ1) is 17.2. The van der Waals surface area contributed by atoms with E-state index in [1.54, 1.807) is 5.56 Å². The van der Waals surface area contributed by atoms with E-state index in [9.17, 15) is 0 Å². The van der Waals surface area contributed by atoms with Crippen molar-refractivity contribution in [2.24, 2.45) is 23.7 Å². The zero-order valence-corrected chi connectivity index (χ0v) is 22.8. The molecular weight excluding hydrogens is 424 g/mol. The van der Waals surface area contributed by atoms with Gasteiger partial charge >= 0.3 is 0 Å². The van der Waals surface area contributed by atoms with Crippen LogP contribution in [0.25, 0.3) is 11.1 Å². The Hall–Kier alpha value is -1.60. The summed E-state index contributed by atoms with van der Waals surface area (Å²) in [6.45, 7) is 5.56. The van der Waals surface area contributed by atoms with Crippen molar-refractivity contribution in [2.45, 2.75) is 103 Å². The van der Waals surface area contributed by atoms with Gasteiger partial charge in [0, 0.05) is 13.7 Å². The van der Waals surface area contributed by atoms with Crippen molar-refractivity contribution in [1.29, 1.82) is 0 Å². The van der Waals surface area contributed by atoms with Gasteiger partial charge in [-0.25, -0.2) is 0 Å². The topological polar surface area (TPSA) is 9.23 Å². The molecule has 0 amide bonds. The average Bonchev–Trinajstić information content (AvgIpc) is 2.90. The summed E-state index contributed by atoms with van der Waals surface area (Å²) in [5, 5.41) is 0. The zero-order valence-electron chi connectivity index (χ0n) is 22.8. The molecule has 192 valence electrons.